The number of esters is 1. The van der Waals surface area contributed by atoms with Crippen LogP contribution in [0.15, 0.2) is 36.4 Å². The molecule has 0 bridgehead atoms. The average Bonchev–Trinajstić information content (AvgIpc) is 2.70. The summed E-state index contributed by atoms with van der Waals surface area (Å²) < 4.78 is 20.9. The van der Waals surface area contributed by atoms with Gasteiger partial charge in [-0.05, 0) is 35.2 Å². The predicted molar refractivity (Wildman–Crippen MR) is 110 cm³/mol. The van der Waals surface area contributed by atoms with Gasteiger partial charge in [0, 0.05) is 0 Å². The van der Waals surface area contributed by atoms with Crippen molar-refractivity contribution in [3.05, 3.63) is 47.5 Å². The molecule has 0 heterocycles. The average molecular weight is 401 g/mol. The first-order chi connectivity index (χ1) is 13.7. The van der Waals surface area contributed by atoms with E-state index in [1.54, 1.807) is 24.3 Å². The number of anilines is 1. The molecule has 1 amide bonds. The normalized spacial score (nSPS) is 10.8. The van der Waals surface area contributed by atoms with Crippen LogP contribution < -0.4 is 19.5 Å². The highest BCUT2D eigenvalue weighted by Crippen LogP contribution is 2.32. The van der Waals surface area contributed by atoms with E-state index in [0.717, 1.165) is 5.56 Å². The first kappa shape index (κ1) is 22.1. The van der Waals surface area contributed by atoms with Crippen LogP contribution in [-0.4, -0.2) is 39.8 Å². The van der Waals surface area contributed by atoms with Crippen LogP contribution in [0.2, 0.25) is 0 Å². The summed E-state index contributed by atoms with van der Waals surface area (Å²) in [6.07, 6.45) is 0. The van der Waals surface area contributed by atoms with Gasteiger partial charge in [-0.1, -0.05) is 32.9 Å². The smallest absolute Gasteiger partial charge is 0.346 e. The van der Waals surface area contributed by atoms with E-state index in [1.807, 2.05) is 12.1 Å². The highest BCUT2D eigenvalue weighted by molar-refractivity contribution is 5.99. The molecule has 29 heavy (non-hydrogen) atoms. The largest absolute Gasteiger partial charge is 0.496 e. The van der Waals surface area contributed by atoms with E-state index < -0.39 is 18.5 Å². The number of nitrogens with one attached hydrogen (secondary N) is 1. The molecular weight excluding hydrogens is 374 g/mol. The SMILES string of the molecule is COc1ccc(C(C)(C)C)cc1NC(=O)COC(=O)c1c(OC)cccc1OC. The Morgan fingerprint density at radius 3 is 2.00 bits per heavy atom. The molecule has 7 nitrogen and oxygen atoms in total. The van der Waals surface area contributed by atoms with E-state index in [-0.39, 0.29) is 11.0 Å². The first-order valence-electron chi connectivity index (χ1n) is 9.07. The van der Waals surface area contributed by atoms with E-state index in [9.17, 15) is 9.59 Å². The molecule has 0 aromatic heterocycles. The molecule has 1 N–H and O–H groups in total. The predicted octanol–water partition coefficient (Wildman–Crippen LogP) is 3.81. The molecule has 0 saturated heterocycles. The van der Waals surface area contributed by atoms with Gasteiger partial charge in [0.1, 0.15) is 22.8 Å². The maximum Gasteiger partial charge on any atom is 0.346 e. The van der Waals surface area contributed by atoms with Gasteiger partial charge in [-0.15, -0.1) is 0 Å². The van der Waals surface area contributed by atoms with Crippen molar-refractivity contribution >= 4 is 17.6 Å². The molecule has 0 spiro atoms. The maximum atomic E-state index is 12.5. The fourth-order valence-corrected chi connectivity index (χ4v) is 2.71. The van der Waals surface area contributed by atoms with Crippen molar-refractivity contribution < 1.29 is 28.5 Å². The Morgan fingerprint density at radius 2 is 1.48 bits per heavy atom. The summed E-state index contributed by atoms with van der Waals surface area (Å²) in [7, 11) is 4.40. The van der Waals surface area contributed by atoms with E-state index in [0.29, 0.717) is 22.9 Å². The summed E-state index contributed by atoms with van der Waals surface area (Å²) in [5.41, 5.74) is 1.57. The summed E-state index contributed by atoms with van der Waals surface area (Å²) in [6.45, 7) is 5.75. The Balaban J connectivity index is 2.12. The molecule has 2 aromatic rings. The van der Waals surface area contributed by atoms with Crippen molar-refractivity contribution in [2.75, 3.05) is 33.3 Å². The number of carbonyl (C=O) groups excluding carboxylic acids is 2. The van der Waals surface area contributed by atoms with Crippen LogP contribution in [0.5, 0.6) is 17.2 Å². The third-order valence-electron chi connectivity index (χ3n) is 4.31. The van der Waals surface area contributed by atoms with Gasteiger partial charge in [0.25, 0.3) is 5.91 Å². The van der Waals surface area contributed by atoms with Crippen molar-refractivity contribution in [2.24, 2.45) is 0 Å². The summed E-state index contributed by atoms with van der Waals surface area (Å²) in [5, 5.41) is 2.73. The molecule has 156 valence electrons. The molecule has 0 aliphatic heterocycles. The second-order valence-corrected chi connectivity index (χ2v) is 7.33. The number of amides is 1. The molecule has 0 unspecified atom stereocenters. The molecule has 2 rings (SSSR count). The van der Waals surface area contributed by atoms with Crippen LogP contribution in [0, 0.1) is 0 Å². The molecule has 7 heteroatoms. The van der Waals surface area contributed by atoms with Gasteiger partial charge in [0.2, 0.25) is 0 Å². The molecule has 2 aromatic carbocycles. The summed E-state index contributed by atoms with van der Waals surface area (Å²) in [4.78, 5) is 24.9. The zero-order chi connectivity index (χ0) is 21.6. The van der Waals surface area contributed by atoms with E-state index in [1.165, 1.54) is 21.3 Å². The minimum atomic E-state index is -0.718. The lowest BCUT2D eigenvalue weighted by atomic mass is 9.87. The Labute approximate surface area is 170 Å². The first-order valence-corrected chi connectivity index (χ1v) is 9.07. The van der Waals surface area contributed by atoms with Crippen LogP contribution in [0.3, 0.4) is 0 Å². The van der Waals surface area contributed by atoms with Crippen molar-refractivity contribution in [1.29, 1.82) is 0 Å². The quantitative estimate of drug-likeness (QED) is 0.711. The van der Waals surface area contributed by atoms with Gasteiger partial charge in [0.15, 0.2) is 6.61 Å². The van der Waals surface area contributed by atoms with Crippen LogP contribution in [0.1, 0.15) is 36.7 Å². The summed E-state index contributed by atoms with van der Waals surface area (Å²) in [6, 6.07) is 10.5. The van der Waals surface area contributed by atoms with Gasteiger partial charge < -0.3 is 24.3 Å². The molecular formula is C22H27NO6. The van der Waals surface area contributed by atoms with Crippen LogP contribution in [0.25, 0.3) is 0 Å². The number of rotatable bonds is 7. The Kier molecular flexibility index (Phi) is 7.09. The van der Waals surface area contributed by atoms with Crippen LogP contribution in [-0.2, 0) is 14.9 Å². The van der Waals surface area contributed by atoms with Gasteiger partial charge in [0.05, 0.1) is 27.0 Å². The standard InChI is InChI=1S/C22H27NO6/c1-22(2,3)14-10-11-16(26-4)15(12-14)23-19(24)13-29-21(25)20-17(27-5)8-7-9-18(20)28-6/h7-12H,13H2,1-6H3,(H,23,24). The highest BCUT2D eigenvalue weighted by Gasteiger charge is 2.21. The van der Waals surface area contributed by atoms with Crippen molar-refractivity contribution in [3.63, 3.8) is 0 Å². The van der Waals surface area contributed by atoms with Crippen molar-refractivity contribution in [2.45, 2.75) is 26.2 Å². The van der Waals surface area contributed by atoms with E-state index in [2.05, 4.69) is 26.1 Å². The van der Waals surface area contributed by atoms with Gasteiger partial charge in [-0.2, -0.15) is 0 Å². The number of hydrogen-bond donors (Lipinski definition) is 1. The molecule has 0 aliphatic rings. The summed E-state index contributed by atoms with van der Waals surface area (Å²) in [5.74, 6) is -0.0888. The zero-order valence-corrected chi connectivity index (χ0v) is 17.6. The lowest BCUT2D eigenvalue weighted by Crippen LogP contribution is -2.22. The van der Waals surface area contributed by atoms with Gasteiger partial charge in [-0.3, -0.25) is 4.79 Å². The zero-order valence-electron chi connectivity index (χ0n) is 17.6. The molecule has 0 fully saturated rings. The van der Waals surface area contributed by atoms with Crippen molar-refractivity contribution in [1.82, 2.24) is 0 Å². The maximum absolute atomic E-state index is 12.5. The lowest BCUT2D eigenvalue weighted by molar-refractivity contribution is -0.119. The number of carbonyl (C=O) groups is 2. The minimum absolute atomic E-state index is 0.0986. The third kappa shape index (κ3) is 5.40. The number of benzene rings is 2. The number of hydrogen-bond acceptors (Lipinski definition) is 6. The Morgan fingerprint density at radius 1 is 0.897 bits per heavy atom. The van der Waals surface area contributed by atoms with E-state index in [4.69, 9.17) is 18.9 Å². The van der Waals surface area contributed by atoms with Crippen LogP contribution >= 0.6 is 0 Å². The fourth-order valence-electron chi connectivity index (χ4n) is 2.71. The summed E-state index contributed by atoms with van der Waals surface area (Å²) >= 11 is 0. The topological polar surface area (TPSA) is 83.1 Å². The van der Waals surface area contributed by atoms with Gasteiger partial charge in [-0.25, -0.2) is 4.79 Å². The second kappa shape index (κ2) is 9.32. The molecule has 0 radical (unpaired) electrons. The molecule has 0 saturated carbocycles. The minimum Gasteiger partial charge on any atom is -0.496 e. The number of ether oxygens (including phenoxy) is 4. The van der Waals surface area contributed by atoms with Crippen molar-refractivity contribution in [3.8, 4) is 17.2 Å². The van der Waals surface area contributed by atoms with E-state index >= 15 is 0 Å². The third-order valence-corrected chi connectivity index (χ3v) is 4.31. The Bertz CT molecular complexity index is 863. The van der Waals surface area contributed by atoms with Gasteiger partial charge >= 0.3 is 5.97 Å². The number of methoxy groups -OCH3 is 3. The second-order valence-electron chi connectivity index (χ2n) is 7.33. The Hall–Kier alpha value is -3.22. The fraction of sp³-hybridized carbons (Fsp3) is 0.364. The monoisotopic (exact) mass is 401 g/mol. The molecule has 0 atom stereocenters. The lowest BCUT2D eigenvalue weighted by Gasteiger charge is -2.21. The molecule has 0 aliphatic carbocycles. The van der Waals surface area contributed by atoms with Crippen LogP contribution in [0.4, 0.5) is 5.69 Å². The highest BCUT2D eigenvalue weighted by atomic mass is 16.5.